The van der Waals surface area contributed by atoms with Gasteiger partial charge in [-0.25, -0.2) is 0 Å². The van der Waals surface area contributed by atoms with Gasteiger partial charge in [-0.1, -0.05) is 28.1 Å². The molecule has 18 heavy (non-hydrogen) atoms. The molecule has 2 rings (SSSR count). The smallest absolute Gasteiger partial charge is 0.0990 e. The van der Waals surface area contributed by atoms with Crippen molar-refractivity contribution in [2.75, 3.05) is 13.7 Å². The predicted octanol–water partition coefficient (Wildman–Crippen LogP) is 2.73. The minimum Gasteiger partial charge on any atom is -0.374 e. The molecule has 1 fully saturated rings. The van der Waals surface area contributed by atoms with E-state index in [1.165, 1.54) is 5.56 Å². The first kappa shape index (κ1) is 14.0. The molecular formula is C14H20BrNO2. The maximum Gasteiger partial charge on any atom is 0.0990 e. The molecule has 1 aromatic carbocycles. The lowest BCUT2D eigenvalue weighted by Crippen LogP contribution is -2.59. The number of nitrogens with one attached hydrogen (secondary N) is 1. The molecule has 0 aromatic heterocycles. The molecule has 0 aliphatic heterocycles. The molecule has 1 aromatic rings. The van der Waals surface area contributed by atoms with E-state index in [1.807, 2.05) is 26.1 Å². The molecule has 3 nitrogen and oxygen atoms in total. The largest absolute Gasteiger partial charge is 0.374 e. The van der Waals surface area contributed by atoms with E-state index < -0.39 is 0 Å². The van der Waals surface area contributed by atoms with Gasteiger partial charge in [0, 0.05) is 17.1 Å². The Labute approximate surface area is 117 Å². The molecule has 3 unspecified atom stereocenters. The minimum absolute atomic E-state index is 0.187. The summed E-state index contributed by atoms with van der Waals surface area (Å²) in [5.74, 6) is 0. The van der Waals surface area contributed by atoms with Crippen LogP contribution in [0, 0.1) is 0 Å². The Morgan fingerprint density at radius 2 is 2.22 bits per heavy atom. The van der Waals surface area contributed by atoms with Gasteiger partial charge in [0.15, 0.2) is 0 Å². The lowest BCUT2D eigenvalue weighted by Gasteiger charge is -2.43. The summed E-state index contributed by atoms with van der Waals surface area (Å²) in [7, 11) is 1.97. The highest BCUT2D eigenvalue weighted by Gasteiger charge is 2.41. The van der Waals surface area contributed by atoms with Gasteiger partial charge in [-0.2, -0.15) is 0 Å². The van der Waals surface area contributed by atoms with Crippen molar-refractivity contribution in [1.29, 1.82) is 0 Å². The summed E-state index contributed by atoms with van der Waals surface area (Å²) in [6.45, 7) is 3.40. The fraction of sp³-hybridized carbons (Fsp3) is 0.571. The van der Waals surface area contributed by atoms with Gasteiger partial charge in [0.2, 0.25) is 0 Å². The first-order chi connectivity index (χ1) is 8.74. The van der Waals surface area contributed by atoms with Crippen LogP contribution >= 0.6 is 15.9 Å². The van der Waals surface area contributed by atoms with Gasteiger partial charge in [-0.05, 0) is 38.1 Å². The molecule has 100 valence electrons. The second-order valence-corrected chi connectivity index (χ2v) is 5.45. The summed E-state index contributed by atoms with van der Waals surface area (Å²) in [6, 6.07) is 8.64. The third kappa shape index (κ3) is 3.32. The molecule has 0 spiro atoms. The van der Waals surface area contributed by atoms with Crippen LogP contribution in [0.15, 0.2) is 28.7 Å². The van der Waals surface area contributed by atoms with E-state index in [2.05, 4.69) is 33.4 Å². The zero-order chi connectivity index (χ0) is 13.0. The van der Waals surface area contributed by atoms with E-state index in [-0.39, 0.29) is 12.2 Å². The first-order valence-electron chi connectivity index (χ1n) is 6.39. The molecular weight excluding hydrogens is 294 g/mol. The van der Waals surface area contributed by atoms with Crippen LogP contribution in [0.2, 0.25) is 0 Å². The SMILES string of the molecule is CCOC1C(NC)CC1OCc1cccc(Br)c1. The van der Waals surface area contributed by atoms with Crippen LogP contribution < -0.4 is 5.32 Å². The number of ether oxygens (including phenoxy) is 2. The molecule has 0 heterocycles. The highest BCUT2D eigenvalue weighted by Crippen LogP contribution is 2.28. The monoisotopic (exact) mass is 313 g/mol. The zero-order valence-electron chi connectivity index (χ0n) is 10.9. The van der Waals surface area contributed by atoms with Crippen LogP contribution in [0.5, 0.6) is 0 Å². The normalized spacial score (nSPS) is 26.9. The molecule has 3 atom stereocenters. The van der Waals surface area contributed by atoms with Crippen molar-refractivity contribution in [3.05, 3.63) is 34.3 Å². The number of hydrogen-bond acceptors (Lipinski definition) is 3. The van der Waals surface area contributed by atoms with E-state index in [0.29, 0.717) is 12.6 Å². The van der Waals surface area contributed by atoms with Crippen LogP contribution in [-0.2, 0) is 16.1 Å². The maximum atomic E-state index is 5.93. The Bertz CT molecular complexity index is 386. The van der Waals surface area contributed by atoms with E-state index in [0.717, 1.165) is 17.5 Å². The Balaban J connectivity index is 1.83. The standard InChI is InChI=1S/C14H20BrNO2/c1-3-17-14-12(16-2)8-13(14)18-9-10-5-4-6-11(15)7-10/h4-7,12-14,16H,3,8-9H2,1-2H3. The van der Waals surface area contributed by atoms with E-state index in [4.69, 9.17) is 9.47 Å². The fourth-order valence-corrected chi connectivity index (χ4v) is 2.72. The molecule has 0 saturated heterocycles. The van der Waals surface area contributed by atoms with Gasteiger partial charge in [0.1, 0.15) is 0 Å². The van der Waals surface area contributed by atoms with Crippen LogP contribution in [-0.4, -0.2) is 31.9 Å². The van der Waals surface area contributed by atoms with Crippen molar-refractivity contribution in [1.82, 2.24) is 5.32 Å². The molecule has 4 heteroatoms. The van der Waals surface area contributed by atoms with E-state index in [9.17, 15) is 0 Å². The highest BCUT2D eigenvalue weighted by atomic mass is 79.9. The Hall–Kier alpha value is -0.420. The molecule has 0 amide bonds. The van der Waals surface area contributed by atoms with Crippen LogP contribution in [0.4, 0.5) is 0 Å². The van der Waals surface area contributed by atoms with Gasteiger partial charge in [0.25, 0.3) is 0 Å². The van der Waals surface area contributed by atoms with Crippen molar-refractivity contribution in [3.63, 3.8) is 0 Å². The summed E-state index contributed by atoms with van der Waals surface area (Å²) in [5, 5.41) is 3.26. The van der Waals surface area contributed by atoms with E-state index >= 15 is 0 Å². The topological polar surface area (TPSA) is 30.5 Å². The van der Waals surface area contributed by atoms with Crippen molar-refractivity contribution in [3.8, 4) is 0 Å². The maximum absolute atomic E-state index is 5.93. The average Bonchev–Trinajstić information content (AvgIpc) is 2.35. The Morgan fingerprint density at radius 3 is 2.89 bits per heavy atom. The molecule has 1 saturated carbocycles. The zero-order valence-corrected chi connectivity index (χ0v) is 12.4. The van der Waals surface area contributed by atoms with Crippen molar-refractivity contribution >= 4 is 15.9 Å². The Kier molecular flexibility index (Phi) is 5.18. The second-order valence-electron chi connectivity index (χ2n) is 4.53. The first-order valence-corrected chi connectivity index (χ1v) is 7.18. The van der Waals surface area contributed by atoms with Gasteiger partial charge in [-0.3, -0.25) is 0 Å². The summed E-state index contributed by atoms with van der Waals surface area (Å²) in [5.41, 5.74) is 1.19. The number of rotatable bonds is 6. The molecule has 0 radical (unpaired) electrons. The summed E-state index contributed by atoms with van der Waals surface area (Å²) in [6.07, 6.45) is 1.42. The van der Waals surface area contributed by atoms with Gasteiger partial charge in [-0.15, -0.1) is 0 Å². The number of benzene rings is 1. The van der Waals surface area contributed by atoms with E-state index in [1.54, 1.807) is 0 Å². The third-order valence-corrected chi connectivity index (χ3v) is 3.83. The average molecular weight is 314 g/mol. The van der Waals surface area contributed by atoms with Crippen LogP contribution in [0.3, 0.4) is 0 Å². The van der Waals surface area contributed by atoms with Gasteiger partial charge in [0.05, 0.1) is 18.8 Å². The third-order valence-electron chi connectivity index (χ3n) is 3.33. The quantitative estimate of drug-likeness (QED) is 0.876. The number of halogens is 1. The molecule has 0 bridgehead atoms. The van der Waals surface area contributed by atoms with Crippen molar-refractivity contribution in [2.24, 2.45) is 0 Å². The minimum atomic E-state index is 0.187. The van der Waals surface area contributed by atoms with Crippen LogP contribution in [0.1, 0.15) is 18.9 Å². The van der Waals surface area contributed by atoms with Gasteiger partial charge >= 0.3 is 0 Å². The van der Waals surface area contributed by atoms with Crippen LogP contribution in [0.25, 0.3) is 0 Å². The Morgan fingerprint density at radius 1 is 1.39 bits per heavy atom. The second kappa shape index (κ2) is 6.66. The molecule has 1 N–H and O–H groups in total. The molecule has 1 aliphatic rings. The van der Waals surface area contributed by atoms with Crippen molar-refractivity contribution in [2.45, 2.75) is 38.2 Å². The summed E-state index contributed by atoms with van der Waals surface area (Å²) < 4.78 is 12.7. The number of hydrogen-bond donors (Lipinski definition) is 1. The lowest BCUT2D eigenvalue weighted by atomic mass is 9.85. The summed E-state index contributed by atoms with van der Waals surface area (Å²) in [4.78, 5) is 0. The molecule has 1 aliphatic carbocycles. The summed E-state index contributed by atoms with van der Waals surface area (Å²) >= 11 is 3.47. The lowest BCUT2D eigenvalue weighted by molar-refractivity contribution is -0.148. The highest BCUT2D eigenvalue weighted by molar-refractivity contribution is 9.10. The number of likely N-dealkylation sites (N-methyl/N-ethyl adjacent to an activating group) is 1. The predicted molar refractivity (Wildman–Crippen MR) is 75.6 cm³/mol. The van der Waals surface area contributed by atoms with Crippen molar-refractivity contribution < 1.29 is 9.47 Å². The fourth-order valence-electron chi connectivity index (χ4n) is 2.27. The van der Waals surface area contributed by atoms with Gasteiger partial charge < -0.3 is 14.8 Å².